The summed E-state index contributed by atoms with van der Waals surface area (Å²) in [7, 11) is 0. The summed E-state index contributed by atoms with van der Waals surface area (Å²) < 4.78 is 0. The van der Waals surface area contributed by atoms with Crippen LogP contribution >= 0.6 is 0 Å². The van der Waals surface area contributed by atoms with E-state index in [1.807, 2.05) is 13.8 Å². The summed E-state index contributed by atoms with van der Waals surface area (Å²) >= 11 is 0. The number of hydrogen-bond acceptors (Lipinski definition) is 2. The van der Waals surface area contributed by atoms with E-state index in [0.29, 0.717) is 12.0 Å². The van der Waals surface area contributed by atoms with Gasteiger partial charge in [0, 0.05) is 19.1 Å². The van der Waals surface area contributed by atoms with Gasteiger partial charge < -0.3 is 5.11 Å². The Balaban J connectivity index is 1.75. The van der Waals surface area contributed by atoms with E-state index in [2.05, 4.69) is 65.6 Å². The maximum absolute atomic E-state index is 10.4. The molecule has 2 heteroatoms. The van der Waals surface area contributed by atoms with E-state index in [0.717, 1.165) is 25.9 Å². The van der Waals surface area contributed by atoms with Gasteiger partial charge in [-0.05, 0) is 50.2 Å². The smallest absolute Gasteiger partial charge is 0.0620 e. The fourth-order valence-electron chi connectivity index (χ4n) is 3.88. The molecule has 3 rings (SSSR count). The average Bonchev–Trinajstić information content (AvgIpc) is 3.06. The van der Waals surface area contributed by atoms with Crippen LogP contribution in [0.1, 0.15) is 44.2 Å². The van der Waals surface area contributed by atoms with E-state index < -0.39 is 5.60 Å². The highest BCUT2D eigenvalue weighted by Gasteiger charge is 2.36. The summed E-state index contributed by atoms with van der Waals surface area (Å²) in [5, 5.41) is 10.4. The summed E-state index contributed by atoms with van der Waals surface area (Å²) in [5.41, 5.74) is 2.15. The lowest BCUT2D eigenvalue weighted by atomic mass is 9.89. The lowest BCUT2D eigenvalue weighted by Gasteiger charge is -2.31. The minimum absolute atomic E-state index is 0.400. The van der Waals surface area contributed by atoms with E-state index in [1.54, 1.807) is 0 Å². The van der Waals surface area contributed by atoms with Crippen LogP contribution in [0.25, 0.3) is 0 Å². The summed E-state index contributed by atoms with van der Waals surface area (Å²) in [5.74, 6) is 0.400. The molecule has 2 atom stereocenters. The highest BCUT2D eigenvalue weighted by molar-refractivity contribution is 5.17. The van der Waals surface area contributed by atoms with Crippen LogP contribution in [-0.2, 0) is 13.1 Å². The number of benzene rings is 2. The van der Waals surface area contributed by atoms with Gasteiger partial charge in [0.05, 0.1) is 5.60 Å². The van der Waals surface area contributed by atoms with Crippen molar-refractivity contribution in [2.24, 2.45) is 5.92 Å². The highest BCUT2D eigenvalue weighted by Crippen LogP contribution is 2.37. The van der Waals surface area contributed by atoms with Gasteiger partial charge in [-0.15, -0.1) is 0 Å². The molecule has 0 saturated heterocycles. The normalized spacial score (nSPS) is 21.3. The molecule has 1 fully saturated rings. The minimum Gasteiger partial charge on any atom is -0.390 e. The first kappa shape index (κ1) is 17.2. The van der Waals surface area contributed by atoms with Crippen molar-refractivity contribution in [3.8, 4) is 0 Å². The lowest BCUT2D eigenvalue weighted by Crippen LogP contribution is -2.35. The van der Waals surface area contributed by atoms with Crippen LogP contribution in [0.3, 0.4) is 0 Å². The Morgan fingerprint density at radius 3 is 1.79 bits per heavy atom. The summed E-state index contributed by atoms with van der Waals surface area (Å²) in [4.78, 5) is 2.59. The van der Waals surface area contributed by atoms with Gasteiger partial charge in [0.25, 0.3) is 0 Å². The van der Waals surface area contributed by atoms with Gasteiger partial charge in [-0.1, -0.05) is 60.7 Å². The molecule has 24 heavy (non-hydrogen) atoms. The third-order valence-electron chi connectivity index (χ3n) is 5.38. The molecule has 0 aliphatic heterocycles. The quantitative estimate of drug-likeness (QED) is 0.838. The molecule has 0 bridgehead atoms. The monoisotopic (exact) mass is 323 g/mol. The SMILES string of the molecule is CC(C)(O)[C@H]1CC[C@H](N(Cc2ccccc2)Cc2ccccc2)C1. The lowest BCUT2D eigenvalue weighted by molar-refractivity contribution is 0.0157. The van der Waals surface area contributed by atoms with Gasteiger partial charge in [-0.3, -0.25) is 4.90 Å². The number of aliphatic hydroxyl groups is 1. The van der Waals surface area contributed by atoms with Gasteiger partial charge in [0.2, 0.25) is 0 Å². The predicted molar refractivity (Wildman–Crippen MR) is 99.6 cm³/mol. The Kier molecular flexibility index (Phi) is 5.37. The van der Waals surface area contributed by atoms with Crippen LogP contribution in [0.5, 0.6) is 0 Å². The molecule has 0 radical (unpaired) electrons. The van der Waals surface area contributed by atoms with Crippen molar-refractivity contribution in [1.82, 2.24) is 4.90 Å². The first-order valence-corrected chi connectivity index (χ1v) is 9.06. The molecule has 0 amide bonds. The van der Waals surface area contributed by atoms with Crippen LogP contribution < -0.4 is 0 Å². The van der Waals surface area contributed by atoms with Crippen molar-refractivity contribution in [2.75, 3.05) is 0 Å². The maximum atomic E-state index is 10.4. The van der Waals surface area contributed by atoms with E-state index in [1.165, 1.54) is 17.5 Å². The van der Waals surface area contributed by atoms with Crippen molar-refractivity contribution in [2.45, 2.75) is 57.8 Å². The molecule has 0 unspecified atom stereocenters. The Labute approximate surface area is 146 Å². The van der Waals surface area contributed by atoms with Crippen molar-refractivity contribution in [3.05, 3.63) is 71.8 Å². The molecule has 0 aromatic heterocycles. The van der Waals surface area contributed by atoms with Crippen LogP contribution in [0.4, 0.5) is 0 Å². The molecular weight excluding hydrogens is 294 g/mol. The Morgan fingerprint density at radius 1 is 0.875 bits per heavy atom. The van der Waals surface area contributed by atoms with Crippen LogP contribution in [0, 0.1) is 5.92 Å². The molecule has 1 N–H and O–H groups in total. The maximum Gasteiger partial charge on any atom is 0.0620 e. The Bertz CT molecular complexity index is 576. The zero-order valence-corrected chi connectivity index (χ0v) is 14.9. The topological polar surface area (TPSA) is 23.5 Å². The summed E-state index contributed by atoms with van der Waals surface area (Å²) in [6.07, 6.45) is 3.38. The highest BCUT2D eigenvalue weighted by atomic mass is 16.3. The molecule has 2 aromatic rings. The molecular formula is C22H29NO. The van der Waals surface area contributed by atoms with Crippen LogP contribution in [-0.4, -0.2) is 21.6 Å². The van der Waals surface area contributed by atoms with E-state index in [4.69, 9.17) is 0 Å². The molecule has 0 heterocycles. The fraction of sp³-hybridized carbons (Fsp3) is 0.455. The fourth-order valence-corrected chi connectivity index (χ4v) is 3.88. The van der Waals surface area contributed by atoms with Crippen molar-refractivity contribution in [1.29, 1.82) is 0 Å². The second kappa shape index (κ2) is 7.50. The zero-order chi connectivity index (χ0) is 17.0. The third kappa shape index (κ3) is 4.46. The van der Waals surface area contributed by atoms with Crippen LogP contribution in [0.2, 0.25) is 0 Å². The van der Waals surface area contributed by atoms with Gasteiger partial charge in [0.15, 0.2) is 0 Å². The predicted octanol–water partition coefficient (Wildman–Crippen LogP) is 4.63. The summed E-state index contributed by atoms with van der Waals surface area (Å²) in [6.45, 7) is 5.86. The first-order valence-electron chi connectivity index (χ1n) is 9.06. The van der Waals surface area contributed by atoms with Crippen molar-refractivity contribution < 1.29 is 5.11 Å². The molecule has 0 spiro atoms. The standard InChI is InChI=1S/C22H29NO/c1-22(2,24)20-13-14-21(15-20)23(16-18-9-5-3-6-10-18)17-19-11-7-4-8-12-19/h3-12,20-21,24H,13-17H2,1-2H3/t20-,21-/m0/s1. The Morgan fingerprint density at radius 2 is 1.38 bits per heavy atom. The molecule has 2 nitrogen and oxygen atoms in total. The number of nitrogens with zero attached hydrogens (tertiary/aromatic N) is 1. The van der Waals surface area contributed by atoms with Gasteiger partial charge in [0.1, 0.15) is 0 Å². The van der Waals surface area contributed by atoms with E-state index >= 15 is 0 Å². The summed E-state index contributed by atoms with van der Waals surface area (Å²) in [6, 6.07) is 22.0. The van der Waals surface area contributed by atoms with E-state index in [9.17, 15) is 5.11 Å². The van der Waals surface area contributed by atoms with Gasteiger partial charge in [-0.25, -0.2) is 0 Å². The molecule has 1 saturated carbocycles. The number of rotatable bonds is 6. The Hall–Kier alpha value is -1.64. The van der Waals surface area contributed by atoms with Crippen molar-refractivity contribution >= 4 is 0 Å². The average molecular weight is 323 g/mol. The second-order valence-corrected chi connectivity index (χ2v) is 7.69. The third-order valence-corrected chi connectivity index (χ3v) is 5.38. The van der Waals surface area contributed by atoms with Gasteiger partial charge >= 0.3 is 0 Å². The molecule has 2 aromatic carbocycles. The first-order chi connectivity index (χ1) is 11.5. The van der Waals surface area contributed by atoms with Gasteiger partial charge in [-0.2, -0.15) is 0 Å². The van der Waals surface area contributed by atoms with Crippen molar-refractivity contribution in [3.63, 3.8) is 0 Å². The second-order valence-electron chi connectivity index (χ2n) is 7.69. The largest absolute Gasteiger partial charge is 0.390 e. The van der Waals surface area contributed by atoms with E-state index in [-0.39, 0.29) is 0 Å². The molecule has 128 valence electrons. The van der Waals surface area contributed by atoms with Crippen LogP contribution in [0.15, 0.2) is 60.7 Å². The number of hydrogen-bond donors (Lipinski definition) is 1. The molecule has 1 aliphatic carbocycles. The molecule has 1 aliphatic rings. The zero-order valence-electron chi connectivity index (χ0n) is 14.9. The minimum atomic E-state index is -0.570.